The number of rotatable bonds is 7. The second kappa shape index (κ2) is 6.59. The number of aliphatic carboxylic acids is 1. The van der Waals surface area contributed by atoms with Gasteiger partial charge in [0.2, 0.25) is 5.91 Å². The lowest BCUT2D eigenvalue weighted by Gasteiger charge is -2.33. The summed E-state index contributed by atoms with van der Waals surface area (Å²) in [6.07, 6.45) is 0.861. The quantitative estimate of drug-likeness (QED) is 0.703. The van der Waals surface area contributed by atoms with Crippen LogP contribution in [0.2, 0.25) is 0 Å². The van der Waals surface area contributed by atoms with Gasteiger partial charge in [0.1, 0.15) is 5.54 Å². The molecule has 0 saturated heterocycles. The molecule has 0 aromatic rings. The minimum atomic E-state index is -1.03. The normalized spacial score (nSPS) is 13.5. The molecule has 0 aromatic carbocycles. The number of carboxylic acids is 1. The first-order valence-corrected chi connectivity index (χ1v) is 6.03. The Labute approximate surface area is 103 Å². The van der Waals surface area contributed by atoms with E-state index < -0.39 is 11.5 Å². The zero-order valence-corrected chi connectivity index (χ0v) is 11.4. The molecule has 17 heavy (non-hydrogen) atoms. The summed E-state index contributed by atoms with van der Waals surface area (Å²) in [5.41, 5.74) is -1.03. The summed E-state index contributed by atoms with van der Waals surface area (Å²) >= 11 is 0. The van der Waals surface area contributed by atoms with E-state index in [1.165, 1.54) is 0 Å². The van der Waals surface area contributed by atoms with Crippen LogP contribution in [0.4, 0.5) is 0 Å². The first-order valence-electron chi connectivity index (χ1n) is 6.03. The van der Waals surface area contributed by atoms with Crippen LogP contribution >= 0.6 is 0 Å². The van der Waals surface area contributed by atoms with Gasteiger partial charge >= 0.3 is 5.97 Å². The van der Waals surface area contributed by atoms with Crippen molar-refractivity contribution in [1.29, 1.82) is 0 Å². The SMILES string of the molecule is CCC(C)NC(=O)CN(CC)C(C)(C)C(=O)O. The Balaban J connectivity index is 4.51. The highest BCUT2D eigenvalue weighted by Crippen LogP contribution is 2.13. The second-order valence-corrected chi connectivity index (χ2v) is 4.76. The van der Waals surface area contributed by atoms with E-state index in [1.807, 2.05) is 20.8 Å². The third-order valence-corrected chi connectivity index (χ3v) is 3.05. The zero-order valence-electron chi connectivity index (χ0n) is 11.4. The Morgan fingerprint density at radius 2 is 1.88 bits per heavy atom. The molecule has 0 aromatic heterocycles. The Bertz CT molecular complexity index is 277. The molecule has 0 aliphatic rings. The van der Waals surface area contributed by atoms with Crippen LogP contribution in [-0.4, -0.2) is 46.6 Å². The zero-order chi connectivity index (χ0) is 13.6. The van der Waals surface area contributed by atoms with Gasteiger partial charge in [-0.25, -0.2) is 0 Å². The Kier molecular flexibility index (Phi) is 6.16. The summed E-state index contributed by atoms with van der Waals surface area (Å²) in [6.45, 7) is 9.61. The lowest BCUT2D eigenvalue weighted by atomic mass is 10.0. The first-order chi connectivity index (χ1) is 7.75. The van der Waals surface area contributed by atoms with E-state index in [4.69, 9.17) is 5.11 Å². The molecule has 5 nitrogen and oxygen atoms in total. The van der Waals surface area contributed by atoms with Gasteiger partial charge in [-0.3, -0.25) is 14.5 Å². The van der Waals surface area contributed by atoms with Crippen molar-refractivity contribution in [2.24, 2.45) is 0 Å². The summed E-state index contributed by atoms with van der Waals surface area (Å²) in [7, 11) is 0. The molecule has 0 heterocycles. The van der Waals surface area contributed by atoms with E-state index >= 15 is 0 Å². The van der Waals surface area contributed by atoms with Crippen LogP contribution in [0.3, 0.4) is 0 Å². The average molecular weight is 244 g/mol. The van der Waals surface area contributed by atoms with E-state index in [0.717, 1.165) is 6.42 Å². The first kappa shape index (κ1) is 15.9. The number of likely N-dealkylation sites (N-methyl/N-ethyl adjacent to an activating group) is 1. The highest BCUT2D eigenvalue weighted by Gasteiger charge is 2.34. The molecular formula is C12H24N2O3. The lowest BCUT2D eigenvalue weighted by Crippen LogP contribution is -2.54. The Hall–Kier alpha value is -1.10. The van der Waals surface area contributed by atoms with E-state index in [0.29, 0.717) is 6.54 Å². The van der Waals surface area contributed by atoms with Gasteiger partial charge < -0.3 is 10.4 Å². The van der Waals surface area contributed by atoms with Crippen molar-refractivity contribution in [2.75, 3.05) is 13.1 Å². The monoisotopic (exact) mass is 244 g/mol. The molecule has 100 valence electrons. The van der Waals surface area contributed by atoms with Gasteiger partial charge in [0.15, 0.2) is 0 Å². The molecule has 1 amide bonds. The predicted octanol–water partition coefficient (Wildman–Crippen LogP) is 1.09. The van der Waals surface area contributed by atoms with Crippen molar-refractivity contribution in [3.63, 3.8) is 0 Å². The third-order valence-electron chi connectivity index (χ3n) is 3.05. The smallest absolute Gasteiger partial charge is 0.323 e. The molecule has 0 rings (SSSR count). The number of nitrogens with one attached hydrogen (secondary N) is 1. The molecule has 5 heteroatoms. The molecule has 1 unspecified atom stereocenters. The van der Waals surface area contributed by atoms with Crippen LogP contribution in [0, 0.1) is 0 Å². The Morgan fingerprint density at radius 3 is 2.24 bits per heavy atom. The van der Waals surface area contributed by atoms with Gasteiger partial charge in [0, 0.05) is 6.04 Å². The molecule has 0 bridgehead atoms. The highest BCUT2D eigenvalue weighted by atomic mass is 16.4. The number of hydrogen-bond acceptors (Lipinski definition) is 3. The summed E-state index contributed by atoms with van der Waals surface area (Å²) < 4.78 is 0. The standard InChI is InChI=1S/C12H24N2O3/c1-6-9(3)13-10(15)8-14(7-2)12(4,5)11(16)17/h9H,6-8H2,1-5H3,(H,13,15)(H,16,17). The maximum atomic E-state index is 11.7. The molecule has 0 saturated carbocycles. The summed E-state index contributed by atoms with van der Waals surface area (Å²) in [6, 6.07) is 0.120. The molecular weight excluding hydrogens is 220 g/mol. The summed E-state index contributed by atoms with van der Waals surface area (Å²) in [5.74, 6) is -1.05. The maximum Gasteiger partial charge on any atom is 0.323 e. The van der Waals surface area contributed by atoms with Crippen LogP contribution in [0.1, 0.15) is 41.0 Å². The van der Waals surface area contributed by atoms with Crippen molar-refractivity contribution in [1.82, 2.24) is 10.2 Å². The number of hydrogen-bond donors (Lipinski definition) is 2. The van der Waals surface area contributed by atoms with Gasteiger partial charge in [-0.05, 0) is 33.7 Å². The highest BCUT2D eigenvalue weighted by molar-refractivity contribution is 5.81. The fourth-order valence-corrected chi connectivity index (χ4v) is 1.44. The van der Waals surface area contributed by atoms with Crippen molar-refractivity contribution >= 4 is 11.9 Å². The van der Waals surface area contributed by atoms with Gasteiger partial charge in [-0.1, -0.05) is 13.8 Å². The largest absolute Gasteiger partial charge is 0.480 e. The van der Waals surface area contributed by atoms with Gasteiger partial charge in [0.05, 0.1) is 6.54 Å². The third kappa shape index (κ3) is 4.73. The van der Waals surface area contributed by atoms with Crippen molar-refractivity contribution in [2.45, 2.75) is 52.6 Å². The number of carboxylic acid groups (broad SMARTS) is 1. The van der Waals surface area contributed by atoms with Crippen LogP contribution in [0.25, 0.3) is 0 Å². The van der Waals surface area contributed by atoms with E-state index in [2.05, 4.69) is 5.32 Å². The molecule has 0 radical (unpaired) electrons. The van der Waals surface area contributed by atoms with Crippen molar-refractivity contribution in [3.05, 3.63) is 0 Å². The van der Waals surface area contributed by atoms with E-state index in [1.54, 1.807) is 18.7 Å². The van der Waals surface area contributed by atoms with Crippen LogP contribution in [0.5, 0.6) is 0 Å². The second-order valence-electron chi connectivity index (χ2n) is 4.76. The van der Waals surface area contributed by atoms with Crippen LogP contribution in [0.15, 0.2) is 0 Å². The van der Waals surface area contributed by atoms with E-state index in [-0.39, 0.29) is 18.5 Å². The van der Waals surface area contributed by atoms with Crippen LogP contribution < -0.4 is 5.32 Å². The number of carbonyl (C=O) groups is 2. The van der Waals surface area contributed by atoms with Crippen molar-refractivity contribution < 1.29 is 14.7 Å². The number of nitrogens with zero attached hydrogens (tertiary/aromatic N) is 1. The fourth-order valence-electron chi connectivity index (χ4n) is 1.44. The molecule has 0 aliphatic carbocycles. The molecule has 0 fully saturated rings. The molecule has 2 N–H and O–H groups in total. The Morgan fingerprint density at radius 1 is 1.35 bits per heavy atom. The van der Waals surface area contributed by atoms with Gasteiger partial charge in [0.25, 0.3) is 0 Å². The van der Waals surface area contributed by atoms with Crippen LogP contribution in [-0.2, 0) is 9.59 Å². The topological polar surface area (TPSA) is 69.6 Å². The van der Waals surface area contributed by atoms with Gasteiger partial charge in [-0.15, -0.1) is 0 Å². The predicted molar refractivity (Wildman–Crippen MR) is 66.9 cm³/mol. The van der Waals surface area contributed by atoms with Gasteiger partial charge in [-0.2, -0.15) is 0 Å². The summed E-state index contributed by atoms with van der Waals surface area (Å²) in [4.78, 5) is 24.5. The maximum absolute atomic E-state index is 11.7. The van der Waals surface area contributed by atoms with Crippen molar-refractivity contribution in [3.8, 4) is 0 Å². The summed E-state index contributed by atoms with van der Waals surface area (Å²) in [5, 5.41) is 11.9. The van der Waals surface area contributed by atoms with E-state index in [9.17, 15) is 9.59 Å². The minimum absolute atomic E-state index is 0.111. The minimum Gasteiger partial charge on any atom is -0.480 e. The molecule has 0 aliphatic heterocycles. The number of amides is 1. The average Bonchev–Trinajstić information content (AvgIpc) is 2.24. The molecule has 0 spiro atoms. The fraction of sp³-hybridized carbons (Fsp3) is 0.833. The molecule has 1 atom stereocenters. The lowest BCUT2D eigenvalue weighted by molar-refractivity contribution is -0.150. The number of carbonyl (C=O) groups excluding carboxylic acids is 1.